The first-order valence-electron chi connectivity index (χ1n) is 5.79. The molecule has 0 spiro atoms. The second-order valence-corrected chi connectivity index (χ2v) is 4.41. The van der Waals surface area contributed by atoms with Crippen LogP contribution in [0.15, 0.2) is 48.5 Å². The molecular formula is C16H15N. The third kappa shape index (κ3) is 2.37. The van der Waals surface area contributed by atoms with Gasteiger partial charge in [-0.15, -0.1) is 0 Å². The van der Waals surface area contributed by atoms with Crippen molar-refractivity contribution in [1.82, 2.24) is 0 Å². The van der Waals surface area contributed by atoms with Crippen LogP contribution in [0.3, 0.4) is 0 Å². The van der Waals surface area contributed by atoms with Gasteiger partial charge in [0.15, 0.2) is 5.69 Å². The van der Waals surface area contributed by atoms with E-state index < -0.39 is 0 Å². The fourth-order valence-electron chi connectivity index (χ4n) is 1.86. The third-order valence-electron chi connectivity index (χ3n) is 2.91. The van der Waals surface area contributed by atoms with Crippen LogP contribution >= 0.6 is 0 Å². The average molecular weight is 221 g/mol. The quantitative estimate of drug-likeness (QED) is 0.626. The van der Waals surface area contributed by atoms with Crippen LogP contribution in [0.5, 0.6) is 0 Å². The zero-order chi connectivity index (χ0) is 12.3. The second-order valence-electron chi connectivity index (χ2n) is 4.41. The number of nitrogens with zero attached hydrogens (tertiary/aromatic N) is 1. The van der Waals surface area contributed by atoms with E-state index >= 15 is 0 Å². The molecule has 1 heteroatoms. The van der Waals surface area contributed by atoms with Gasteiger partial charge in [0.25, 0.3) is 0 Å². The van der Waals surface area contributed by atoms with Gasteiger partial charge in [0.05, 0.1) is 6.57 Å². The normalized spacial score (nSPS) is 10.2. The maximum atomic E-state index is 7.17. The van der Waals surface area contributed by atoms with Crippen LogP contribution in [0.1, 0.15) is 25.3 Å². The van der Waals surface area contributed by atoms with Crippen molar-refractivity contribution >= 4 is 5.69 Å². The SMILES string of the molecule is [C-]#[N+]c1ccccc1-c1ccc(C(C)C)cc1. The molecule has 0 N–H and O–H groups in total. The van der Waals surface area contributed by atoms with Crippen LogP contribution in [-0.2, 0) is 0 Å². The van der Waals surface area contributed by atoms with Crippen molar-refractivity contribution in [1.29, 1.82) is 0 Å². The monoisotopic (exact) mass is 221 g/mol. The van der Waals surface area contributed by atoms with E-state index in [0.717, 1.165) is 11.1 Å². The summed E-state index contributed by atoms with van der Waals surface area (Å²) in [5.41, 5.74) is 4.16. The standard InChI is InChI=1S/C16H15N/c1-12(2)13-8-10-14(11-9-13)15-6-4-5-7-16(15)17-3/h4-12H,1-2H3. The van der Waals surface area contributed by atoms with E-state index in [1.54, 1.807) is 0 Å². The summed E-state index contributed by atoms with van der Waals surface area (Å²) in [6.07, 6.45) is 0. The molecule has 0 aromatic heterocycles. The van der Waals surface area contributed by atoms with Gasteiger partial charge in [-0.05, 0) is 22.6 Å². The van der Waals surface area contributed by atoms with Crippen molar-refractivity contribution in [3.05, 3.63) is 65.5 Å². The van der Waals surface area contributed by atoms with Crippen LogP contribution in [0.2, 0.25) is 0 Å². The highest BCUT2D eigenvalue weighted by Gasteiger charge is 2.04. The number of hydrogen-bond acceptors (Lipinski definition) is 0. The van der Waals surface area contributed by atoms with Gasteiger partial charge >= 0.3 is 0 Å². The molecule has 0 radical (unpaired) electrons. The van der Waals surface area contributed by atoms with Crippen molar-refractivity contribution in [3.8, 4) is 11.1 Å². The summed E-state index contributed by atoms with van der Waals surface area (Å²) in [5.74, 6) is 0.542. The summed E-state index contributed by atoms with van der Waals surface area (Å²) >= 11 is 0. The number of rotatable bonds is 2. The average Bonchev–Trinajstić information content (AvgIpc) is 2.39. The first kappa shape index (κ1) is 11.4. The van der Waals surface area contributed by atoms with Gasteiger partial charge < -0.3 is 0 Å². The van der Waals surface area contributed by atoms with Crippen molar-refractivity contribution in [2.24, 2.45) is 0 Å². The van der Waals surface area contributed by atoms with Gasteiger partial charge in [-0.1, -0.05) is 62.4 Å². The van der Waals surface area contributed by atoms with Crippen LogP contribution in [0, 0.1) is 6.57 Å². The molecule has 0 aliphatic carbocycles. The van der Waals surface area contributed by atoms with E-state index in [1.165, 1.54) is 5.56 Å². The van der Waals surface area contributed by atoms with E-state index in [4.69, 9.17) is 6.57 Å². The Kier molecular flexibility index (Phi) is 3.25. The van der Waals surface area contributed by atoms with Gasteiger partial charge in [0.1, 0.15) is 0 Å². The lowest BCUT2D eigenvalue weighted by Gasteiger charge is -2.08. The van der Waals surface area contributed by atoms with Gasteiger partial charge in [0.2, 0.25) is 0 Å². The molecule has 0 amide bonds. The van der Waals surface area contributed by atoms with Crippen molar-refractivity contribution in [2.75, 3.05) is 0 Å². The fraction of sp³-hybridized carbons (Fsp3) is 0.188. The van der Waals surface area contributed by atoms with Gasteiger partial charge in [-0.3, -0.25) is 0 Å². The minimum Gasteiger partial charge on any atom is -0.238 e. The van der Waals surface area contributed by atoms with Crippen LogP contribution in [0.4, 0.5) is 5.69 Å². The highest BCUT2D eigenvalue weighted by atomic mass is 14.6. The van der Waals surface area contributed by atoms with Crippen LogP contribution < -0.4 is 0 Å². The fourth-order valence-corrected chi connectivity index (χ4v) is 1.86. The summed E-state index contributed by atoms with van der Waals surface area (Å²) in [6.45, 7) is 11.5. The lowest BCUT2D eigenvalue weighted by atomic mass is 9.98. The zero-order valence-corrected chi connectivity index (χ0v) is 10.1. The molecule has 2 aromatic carbocycles. The molecular weight excluding hydrogens is 206 g/mol. The zero-order valence-electron chi connectivity index (χ0n) is 10.1. The Balaban J connectivity index is 2.44. The minimum atomic E-state index is 0.542. The van der Waals surface area contributed by atoms with E-state index in [1.807, 2.05) is 24.3 Å². The Bertz CT molecular complexity index is 544. The van der Waals surface area contributed by atoms with Gasteiger partial charge in [0, 0.05) is 0 Å². The summed E-state index contributed by atoms with van der Waals surface area (Å²) in [5, 5.41) is 0. The molecule has 0 saturated heterocycles. The first-order valence-corrected chi connectivity index (χ1v) is 5.79. The van der Waals surface area contributed by atoms with E-state index in [9.17, 15) is 0 Å². The molecule has 17 heavy (non-hydrogen) atoms. The van der Waals surface area contributed by atoms with Crippen molar-refractivity contribution in [2.45, 2.75) is 19.8 Å². The third-order valence-corrected chi connectivity index (χ3v) is 2.91. The molecule has 0 heterocycles. The molecule has 0 aliphatic rings. The summed E-state index contributed by atoms with van der Waals surface area (Å²) < 4.78 is 0. The number of benzene rings is 2. The number of hydrogen-bond donors (Lipinski definition) is 0. The minimum absolute atomic E-state index is 0.542. The molecule has 0 aliphatic heterocycles. The predicted molar refractivity (Wildman–Crippen MR) is 72.2 cm³/mol. The number of para-hydroxylation sites is 1. The largest absolute Gasteiger partial charge is 0.238 e. The Labute approximate surface area is 103 Å². The molecule has 2 aromatic rings. The highest BCUT2D eigenvalue weighted by Crippen LogP contribution is 2.30. The van der Waals surface area contributed by atoms with Gasteiger partial charge in [-0.2, -0.15) is 0 Å². The molecule has 0 saturated carbocycles. The predicted octanol–water partition coefficient (Wildman–Crippen LogP) is 5.03. The lowest BCUT2D eigenvalue weighted by molar-refractivity contribution is 0.867. The first-order chi connectivity index (χ1) is 8.22. The topological polar surface area (TPSA) is 4.36 Å². The molecule has 0 unspecified atom stereocenters. The van der Waals surface area contributed by atoms with Gasteiger partial charge in [-0.25, -0.2) is 4.85 Å². The van der Waals surface area contributed by atoms with E-state index in [2.05, 4.69) is 43.0 Å². The van der Waals surface area contributed by atoms with E-state index in [0.29, 0.717) is 11.6 Å². The molecule has 84 valence electrons. The molecule has 0 bridgehead atoms. The molecule has 0 atom stereocenters. The maximum Gasteiger partial charge on any atom is 0.194 e. The second kappa shape index (κ2) is 4.84. The summed E-state index contributed by atoms with van der Waals surface area (Å²) in [4.78, 5) is 3.55. The lowest BCUT2D eigenvalue weighted by Crippen LogP contribution is -1.86. The Morgan fingerprint density at radius 3 is 2.18 bits per heavy atom. The maximum absolute atomic E-state index is 7.17. The Morgan fingerprint density at radius 1 is 0.941 bits per heavy atom. The molecule has 2 rings (SSSR count). The Morgan fingerprint density at radius 2 is 1.59 bits per heavy atom. The Hall–Kier alpha value is -2.07. The smallest absolute Gasteiger partial charge is 0.194 e. The van der Waals surface area contributed by atoms with Crippen molar-refractivity contribution in [3.63, 3.8) is 0 Å². The molecule has 1 nitrogen and oxygen atoms in total. The van der Waals surface area contributed by atoms with Crippen LogP contribution in [-0.4, -0.2) is 0 Å². The van der Waals surface area contributed by atoms with E-state index in [-0.39, 0.29) is 0 Å². The summed E-state index contributed by atoms with van der Waals surface area (Å²) in [7, 11) is 0. The summed E-state index contributed by atoms with van der Waals surface area (Å²) in [6, 6.07) is 16.2. The molecule has 0 fully saturated rings. The highest BCUT2D eigenvalue weighted by molar-refractivity contribution is 5.78. The van der Waals surface area contributed by atoms with Crippen molar-refractivity contribution < 1.29 is 0 Å². The van der Waals surface area contributed by atoms with Crippen LogP contribution in [0.25, 0.3) is 16.0 Å².